The number of carbonyl (C=O) groups is 1. The van der Waals surface area contributed by atoms with E-state index in [2.05, 4.69) is 22.1 Å². The number of carbonyl (C=O) groups excluding carboxylic acids is 1. The van der Waals surface area contributed by atoms with Crippen molar-refractivity contribution in [3.05, 3.63) is 24.0 Å². The Kier molecular flexibility index (Phi) is 3.05. The van der Waals surface area contributed by atoms with Crippen LogP contribution >= 0.6 is 0 Å². The molecule has 1 unspecified atom stereocenters. The fourth-order valence-electron chi connectivity index (χ4n) is 1.96. The van der Waals surface area contributed by atoms with E-state index in [0.29, 0.717) is 11.7 Å². The maximum absolute atomic E-state index is 11.0. The first kappa shape index (κ1) is 10.9. The number of anilines is 1. The topological polar surface area (TPSA) is 71.2 Å². The first-order chi connectivity index (χ1) is 7.68. The van der Waals surface area contributed by atoms with E-state index in [1.54, 1.807) is 12.3 Å². The van der Waals surface area contributed by atoms with Crippen molar-refractivity contribution in [1.29, 1.82) is 0 Å². The summed E-state index contributed by atoms with van der Waals surface area (Å²) in [6.45, 7) is 4.99. The predicted octanol–water partition coefficient (Wildman–Crippen LogP) is -0.0214. The highest BCUT2D eigenvalue weighted by molar-refractivity contribution is 5.91. The van der Waals surface area contributed by atoms with Crippen LogP contribution < -0.4 is 16.0 Å². The van der Waals surface area contributed by atoms with Gasteiger partial charge in [-0.2, -0.15) is 0 Å². The molecule has 16 heavy (non-hydrogen) atoms. The summed E-state index contributed by atoms with van der Waals surface area (Å²) < 4.78 is 0. The lowest BCUT2D eigenvalue weighted by Crippen LogP contribution is -2.50. The minimum atomic E-state index is -0.482. The molecule has 0 spiro atoms. The number of rotatable bonds is 2. The molecule has 1 aromatic rings. The minimum absolute atomic E-state index is 0.322. The van der Waals surface area contributed by atoms with E-state index in [-0.39, 0.29) is 0 Å². The lowest BCUT2D eigenvalue weighted by Gasteiger charge is -2.35. The summed E-state index contributed by atoms with van der Waals surface area (Å²) in [5.41, 5.74) is 6.55. The van der Waals surface area contributed by atoms with Gasteiger partial charge in [0.15, 0.2) is 0 Å². The van der Waals surface area contributed by atoms with Crippen LogP contribution in [0.5, 0.6) is 0 Å². The molecule has 0 aromatic carbocycles. The molecule has 1 aliphatic heterocycles. The molecule has 1 aliphatic rings. The molecule has 86 valence electrons. The zero-order valence-corrected chi connectivity index (χ0v) is 9.31. The maximum Gasteiger partial charge on any atom is 0.267 e. The largest absolute Gasteiger partial charge is 0.366 e. The van der Waals surface area contributed by atoms with Crippen LogP contribution in [0, 0.1) is 0 Å². The van der Waals surface area contributed by atoms with Crippen molar-refractivity contribution in [3.63, 3.8) is 0 Å². The number of primary amides is 1. The standard InChI is InChI=1S/C11H16N4O/c1-8-7-13-4-5-15(8)9-2-3-14-10(6-9)11(12)16/h2-3,6,8,13H,4-5,7H2,1H3,(H2,12,16). The average molecular weight is 220 g/mol. The summed E-state index contributed by atoms with van der Waals surface area (Å²) in [5, 5.41) is 3.32. The number of aromatic nitrogens is 1. The van der Waals surface area contributed by atoms with Crippen molar-refractivity contribution in [1.82, 2.24) is 10.3 Å². The first-order valence-corrected chi connectivity index (χ1v) is 5.41. The molecule has 3 N–H and O–H groups in total. The zero-order valence-electron chi connectivity index (χ0n) is 9.31. The summed E-state index contributed by atoms with van der Waals surface area (Å²) in [5.74, 6) is -0.482. The minimum Gasteiger partial charge on any atom is -0.366 e. The van der Waals surface area contributed by atoms with Gasteiger partial charge in [-0.3, -0.25) is 9.78 Å². The molecule has 0 bridgehead atoms. The number of hydrogen-bond acceptors (Lipinski definition) is 4. The summed E-state index contributed by atoms with van der Waals surface area (Å²) >= 11 is 0. The van der Waals surface area contributed by atoms with Crippen LogP contribution in [0.2, 0.25) is 0 Å². The summed E-state index contributed by atoms with van der Waals surface area (Å²) in [7, 11) is 0. The van der Waals surface area contributed by atoms with E-state index >= 15 is 0 Å². The number of amides is 1. The number of piperazine rings is 1. The van der Waals surface area contributed by atoms with Crippen molar-refractivity contribution < 1.29 is 4.79 Å². The Bertz CT molecular complexity index is 393. The molecule has 1 aromatic heterocycles. The third-order valence-corrected chi connectivity index (χ3v) is 2.83. The Morgan fingerprint density at radius 3 is 3.19 bits per heavy atom. The molecule has 5 nitrogen and oxygen atoms in total. The average Bonchev–Trinajstić information content (AvgIpc) is 2.30. The van der Waals surface area contributed by atoms with Crippen LogP contribution in [-0.4, -0.2) is 36.6 Å². The number of pyridine rings is 1. The van der Waals surface area contributed by atoms with Crippen LogP contribution in [0.25, 0.3) is 0 Å². The predicted molar refractivity (Wildman–Crippen MR) is 62.4 cm³/mol. The second-order valence-electron chi connectivity index (χ2n) is 4.01. The van der Waals surface area contributed by atoms with Gasteiger partial charge in [-0.25, -0.2) is 0 Å². The fraction of sp³-hybridized carbons (Fsp3) is 0.455. The molecule has 5 heteroatoms. The molecule has 1 fully saturated rings. The molecule has 0 saturated carbocycles. The van der Waals surface area contributed by atoms with Gasteiger partial charge in [0.2, 0.25) is 0 Å². The van der Waals surface area contributed by atoms with Gasteiger partial charge in [0.1, 0.15) is 5.69 Å². The van der Waals surface area contributed by atoms with Crippen LogP contribution in [0.4, 0.5) is 5.69 Å². The van der Waals surface area contributed by atoms with Gasteiger partial charge < -0.3 is 16.0 Å². The third-order valence-electron chi connectivity index (χ3n) is 2.83. The van der Waals surface area contributed by atoms with Gasteiger partial charge in [-0.1, -0.05) is 0 Å². The normalized spacial score (nSPS) is 20.8. The molecule has 1 amide bonds. The highest BCUT2D eigenvalue weighted by Crippen LogP contribution is 2.18. The number of nitrogens with one attached hydrogen (secondary N) is 1. The summed E-state index contributed by atoms with van der Waals surface area (Å²) in [6.07, 6.45) is 1.63. The van der Waals surface area contributed by atoms with Crippen LogP contribution in [0.1, 0.15) is 17.4 Å². The molecular weight excluding hydrogens is 204 g/mol. The van der Waals surface area contributed by atoms with Gasteiger partial charge in [0.05, 0.1) is 0 Å². The Morgan fingerprint density at radius 1 is 1.69 bits per heavy atom. The summed E-state index contributed by atoms with van der Waals surface area (Å²) in [4.78, 5) is 17.2. The van der Waals surface area contributed by atoms with Gasteiger partial charge in [-0.05, 0) is 19.1 Å². The Balaban J connectivity index is 2.25. The zero-order chi connectivity index (χ0) is 11.5. The molecule has 2 heterocycles. The molecule has 0 radical (unpaired) electrons. The molecule has 1 atom stereocenters. The number of nitrogens with zero attached hydrogens (tertiary/aromatic N) is 2. The van der Waals surface area contributed by atoms with Gasteiger partial charge >= 0.3 is 0 Å². The second kappa shape index (κ2) is 4.49. The Morgan fingerprint density at radius 2 is 2.50 bits per heavy atom. The van der Waals surface area contributed by atoms with E-state index in [9.17, 15) is 4.79 Å². The molecule has 1 saturated heterocycles. The quantitative estimate of drug-likeness (QED) is 0.734. The highest BCUT2D eigenvalue weighted by Gasteiger charge is 2.18. The number of hydrogen-bond donors (Lipinski definition) is 2. The number of nitrogens with two attached hydrogens (primary N) is 1. The monoisotopic (exact) mass is 220 g/mol. The lowest BCUT2D eigenvalue weighted by molar-refractivity contribution is 0.0995. The molecular formula is C11H16N4O. The van der Waals surface area contributed by atoms with Gasteiger partial charge in [0.25, 0.3) is 5.91 Å². The van der Waals surface area contributed by atoms with Crippen LogP contribution in [-0.2, 0) is 0 Å². The first-order valence-electron chi connectivity index (χ1n) is 5.41. The van der Waals surface area contributed by atoms with Crippen molar-refractivity contribution in [2.45, 2.75) is 13.0 Å². The second-order valence-corrected chi connectivity index (χ2v) is 4.01. The van der Waals surface area contributed by atoms with Crippen LogP contribution in [0.15, 0.2) is 18.3 Å². The van der Waals surface area contributed by atoms with Crippen molar-refractivity contribution in [2.24, 2.45) is 5.73 Å². The van der Waals surface area contributed by atoms with Gasteiger partial charge in [0, 0.05) is 37.6 Å². The fourth-order valence-corrected chi connectivity index (χ4v) is 1.96. The van der Waals surface area contributed by atoms with Crippen molar-refractivity contribution in [2.75, 3.05) is 24.5 Å². The van der Waals surface area contributed by atoms with E-state index < -0.39 is 5.91 Å². The SMILES string of the molecule is CC1CNCCN1c1ccnc(C(N)=O)c1. The van der Waals surface area contributed by atoms with E-state index in [1.807, 2.05) is 6.07 Å². The highest BCUT2D eigenvalue weighted by atomic mass is 16.1. The van der Waals surface area contributed by atoms with Crippen LogP contribution in [0.3, 0.4) is 0 Å². The van der Waals surface area contributed by atoms with E-state index in [4.69, 9.17) is 5.73 Å². The van der Waals surface area contributed by atoms with E-state index in [0.717, 1.165) is 25.3 Å². The summed E-state index contributed by atoms with van der Waals surface area (Å²) in [6, 6.07) is 4.08. The maximum atomic E-state index is 11.0. The molecule has 0 aliphatic carbocycles. The van der Waals surface area contributed by atoms with Crippen molar-refractivity contribution in [3.8, 4) is 0 Å². The van der Waals surface area contributed by atoms with Crippen molar-refractivity contribution >= 4 is 11.6 Å². The molecule has 2 rings (SSSR count). The smallest absolute Gasteiger partial charge is 0.267 e. The van der Waals surface area contributed by atoms with Gasteiger partial charge in [-0.15, -0.1) is 0 Å². The Hall–Kier alpha value is -1.62. The third kappa shape index (κ3) is 2.14. The Labute approximate surface area is 94.6 Å². The van der Waals surface area contributed by atoms with E-state index in [1.165, 1.54) is 0 Å². The lowest BCUT2D eigenvalue weighted by atomic mass is 10.2.